The number of thioether (sulfide) groups is 1. The minimum absolute atomic E-state index is 0.0214. The summed E-state index contributed by atoms with van der Waals surface area (Å²) < 4.78 is 5.58. The fourth-order valence-corrected chi connectivity index (χ4v) is 3.90. The molecule has 1 aliphatic carbocycles. The predicted molar refractivity (Wildman–Crippen MR) is 114 cm³/mol. The molecule has 150 valence electrons. The highest BCUT2D eigenvalue weighted by Crippen LogP contribution is 2.51. The molecule has 0 bridgehead atoms. The summed E-state index contributed by atoms with van der Waals surface area (Å²) in [4.78, 5) is 19.2. The molecular formula is C21H28N4O2S. The van der Waals surface area contributed by atoms with E-state index in [1.54, 1.807) is 25.3 Å². The van der Waals surface area contributed by atoms with E-state index in [2.05, 4.69) is 39.9 Å². The highest BCUT2D eigenvalue weighted by Gasteiger charge is 2.43. The van der Waals surface area contributed by atoms with E-state index in [0.717, 1.165) is 18.7 Å². The van der Waals surface area contributed by atoms with Crippen LogP contribution < -0.4 is 10.6 Å². The molecule has 28 heavy (non-hydrogen) atoms. The molecule has 0 atom stereocenters. The molecule has 1 fully saturated rings. The largest absolute Gasteiger partial charge is 0.469 e. The lowest BCUT2D eigenvalue weighted by Gasteiger charge is -2.19. The van der Waals surface area contributed by atoms with Crippen LogP contribution in [0.1, 0.15) is 18.6 Å². The first kappa shape index (κ1) is 20.3. The molecule has 1 aliphatic rings. The van der Waals surface area contributed by atoms with E-state index in [-0.39, 0.29) is 17.2 Å². The molecular weight excluding hydrogens is 372 g/mol. The van der Waals surface area contributed by atoms with Crippen molar-refractivity contribution in [1.29, 1.82) is 0 Å². The maximum Gasteiger partial charge on any atom is 0.243 e. The van der Waals surface area contributed by atoms with Crippen LogP contribution in [0.2, 0.25) is 0 Å². The molecule has 1 amide bonds. The summed E-state index contributed by atoms with van der Waals surface area (Å²) in [6.45, 7) is 1.63. The number of hydrogen-bond acceptors (Lipinski definition) is 4. The van der Waals surface area contributed by atoms with Gasteiger partial charge in [0.15, 0.2) is 5.96 Å². The fourth-order valence-electron chi connectivity index (χ4n) is 2.66. The Kier molecular flexibility index (Phi) is 7.03. The smallest absolute Gasteiger partial charge is 0.243 e. The first-order chi connectivity index (χ1) is 13.6. The third-order valence-corrected chi connectivity index (χ3v) is 6.07. The zero-order valence-electron chi connectivity index (χ0n) is 16.5. The number of nitrogens with one attached hydrogen (secondary N) is 2. The quantitative estimate of drug-likeness (QED) is 0.500. The lowest BCUT2D eigenvalue weighted by atomic mass is 10.3. The highest BCUT2D eigenvalue weighted by molar-refractivity contribution is 8.01. The number of nitrogens with zero attached hydrogens (tertiary/aromatic N) is 2. The standard InChI is InChI=1S/C21H28N4O2S/c1-25(2)19(26)15-23-20(22-13-10-17-7-6-14-27-17)24-16-21(11-12-21)28-18-8-4-3-5-9-18/h3-9,14H,10-13,15-16H2,1-2H3,(H2,22,23,24). The van der Waals surface area contributed by atoms with E-state index in [1.807, 2.05) is 30.0 Å². The molecule has 1 heterocycles. The maximum absolute atomic E-state index is 11.9. The monoisotopic (exact) mass is 400 g/mol. The second-order valence-electron chi connectivity index (χ2n) is 7.16. The summed E-state index contributed by atoms with van der Waals surface area (Å²) in [5.41, 5.74) is 0. The average Bonchev–Trinajstić information content (AvgIpc) is 3.25. The zero-order chi connectivity index (χ0) is 19.8. The van der Waals surface area contributed by atoms with Crippen LogP contribution in [0.25, 0.3) is 0 Å². The van der Waals surface area contributed by atoms with Gasteiger partial charge in [-0.15, -0.1) is 11.8 Å². The van der Waals surface area contributed by atoms with Crippen molar-refractivity contribution < 1.29 is 9.21 Å². The number of rotatable bonds is 9. The molecule has 0 spiro atoms. The Balaban J connectivity index is 1.54. The number of amides is 1. The van der Waals surface area contributed by atoms with Gasteiger partial charge in [-0.05, 0) is 37.1 Å². The highest BCUT2D eigenvalue weighted by atomic mass is 32.2. The van der Waals surface area contributed by atoms with Gasteiger partial charge in [-0.25, -0.2) is 4.99 Å². The van der Waals surface area contributed by atoms with Crippen molar-refractivity contribution in [1.82, 2.24) is 15.5 Å². The van der Waals surface area contributed by atoms with E-state index >= 15 is 0 Å². The number of carbonyl (C=O) groups excluding carboxylic acids is 1. The van der Waals surface area contributed by atoms with Crippen LogP contribution in [-0.2, 0) is 11.2 Å². The molecule has 0 aliphatic heterocycles. The third kappa shape index (κ3) is 6.34. The van der Waals surface area contributed by atoms with E-state index in [4.69, 9.17) is 4.42 Å². The van der Waals surface area contributed by atoms with Crippen molar-refractivity contribution in [3.63, 3.8) is 0 Å². The Morgan fingerprint density at radius 2 is 1.96 bits per heavy atom. The van der Waals surface area contributed by atoms with Gasteiger partial charge < -0.3 is 20.0 Å². The minimum Gasteiger partial charge on any atom is -0.469 e. The molecule has 2 N–H and O–H groups in total. The van der Waals surface area contributed by atoms with Gasteiger partial charge in [0.2, 0.25) is 5.91 Å². The minimum atomic E-state index is -0.0214. The Morgan fingerprint density at radius 3 is 2.61 bits per heavy atom. The number of aliphatic imine (C=N–C) groups is 1. The number of likely N-dealkylation sites (N-methyl/N-ethyl adjacent to an activating group) is 1. The van der Waals surface area contributed by atoms with Crippen molar-refractivity contribution in [3.05, 3.63) is 54.5 Å². The van der Waals surface area contributed by atoms with E-state index in [9.17, 15) is 4.79 Å². The van der Waals surface area contributed by atoms with Gasteiger partial charge in [0, 0.05) is 43.2 Å². The van der Waals surface area contributed by atoms with Crippen LogP contribution in [-0.4, -0.2) is 55.2 Å². The fraction of sp³-hybridized carbons (Fsp3) is 0.429. The Bertz CT molecular complexity index is 771. The second-order valence-corrected chi connectivity index (χ2v) is 8.70. The number of carbonyl (C=O) groups is 1. The van der Waals surface area contributed by atoms with Crippen molar-refractivity contribution in [2.24, 2.45) is 4.99 Å². The summed E-state index contributed by atoms with van der Waals surface area (Å²) >= 11 is 1.91. The van der Waals surface area contributed by atoms with E-state index < -0.39 is 0 Å². The van der Waals surface area contributed by atoms with Gasteiger partial charge in [0.25, 0.3) is 0 Å². The van der Waals surface area contributed by atoms with Gasteiger partial charge in [-0.2, -0.15) is 0 Å². The molecule has 1 aromatic carbocycles. The summed E-state index contributed by atoms with van der Waals surface area (Å²) in [7, 11) is 3.48. The normalized spacial score (nSPS) is 15.1. The predicted octanol–water partition coefficient (Wildman–Crippen LogP) is 2.77. The molecule has 0 unspecified atom stereocenters. The number of furan rings is 1. The van der Waals surface area contributed by atoms with Gasteiger partial charge in [0.05, 0.1) is 6.26 Å². The molecule has 1 saturated carbocycles. The first-order valence-corrected chi connectivity index (χ1v) is 10.4. The second kappa shape index (κ2) is 9.68. The Morgan fingerprint density at radius 1 is 1.18 bits per heavy atom. The van der Waals surface area contributed by atoms with Crippen LogP contribution in [0, 0.1) is 0 Å². The topological polar surface area (TPSA) is 69.9 Å². The van der Waals surface area contributed by atoms with Crippen molar-refractivity contribution in [2.45, 2.75) is 28.9 Å². The number of hydrogen-bond donors (Lipinski definition) is 2. The average molecular weight is 401 g/mol. The Labute approximate surface area is 170 Å². The maximum atomic E-state index is 11.9. The van der Waals surface area contributed by atoms with Gasteiger partial charge in [-0.3, -0.25) is 4.79 Å². The van der Waals surface area contributed by atoms with Crippen LogP contribution >= 0.6 is 11.8 Å². The lowest BCUT2D eigenvalue weighted by Crippen LogP contribution is -2.42. The van der Waals surface area contributed by atoms with Gasteiger partial charge in [0.1, 0.15) is 12.3 Å². The number of benzene rings is 1. The summed E-state index contributed by atoms with van der Waals surface area (Å²) in [5.74, 6) is 1.57. The Hall–Kier alpha value is -2.41. The van der Waals surface area contributed by atoms with Crippen LogP contribution in [0.3, 0.4) is 0 Å². The molecule has 7 heteroatoms. The van der Waals surface area contributed by atoms with Crippen LogP contribution in [0.4, 0.5) is 0 Å². The lowest BCUT2D eigenvalue weighted by molar-refractivity contribution is -0.127. The third-order valence-electron chi connectivity index (χ3n) is 4.58. The van der Waals surface area contributed by atoms with Crippen molar-refractivity contribution >= 4 is 23.6 Å². The van der Waals surface area contributed by atoms with Gasteiger partial charge >= 0.3 is 0 Å². The molecule has 0 radical (unpaired) electrons. The van der Waals surface area contributed by atoms with Crippen LogP contribution in [0.5, 0.6) is 0 Å². The van der Waals surface area contributed by atoms with Gasteiger partial charge in [-0.1, -0.05) is 18.2 Å². The SMILES string of the molecule is CN(C)C(=O)CN=C(NCCc1ccco1)NCC1(Sc2ccccc2)CC1. The first-order valence-electron chi connectivity index (χ1n) is 9.55. The molecule has 3 rings (SSSR count). The summed E-state index contributed by atoms with van der Waals surface area (Å²) in [6.07, 6.45) is 4.79. The molecule has 1 aromatic heterocycles. The molecule has 0 saturated heterocycles. The molecule has 2 aromatic rings. The van der Waals surface area contributed by atoms with Crippen LogP contribution in [0.15, 0.2) is 63.0 Å². The van der Waals surface area contributed by atoms with Crippen molar-refractivity contribution in [3.8, 4) is 0 Å². The number of guanidine groups is 1. The van der Waals surface area contributed by atoms with Crippen molar-refractivity contribution in [2.75, 3.05) is 33.7 Å². The van der Waals surface area contributed by atoms with E-state index in [0.29, 0.717) is 12.5 Å². The zero-order valence-corrected chi connectivity index (χ0v) is 17.3. The molecule has 6 nitrogen and oxygen atoms in total. The van der Waals surface area contributed by atoms with E-state index in [1.165, 1.54) is 17.7 Å². The summed E-state index contributed by atoms with van der Waals surface area (Å²) in [5, 5.41) is 6.75. The summed E-state index contributed by atoms with van der Waals surface area (Å²) in [6, 6.07) is 14.3.